The molecule has 0 aromatic heterocycles. The molecule has 0 spiro atoms. The lowest BCUT2D eigenvalue weighted by Crippen LogP contribution is -2.23. The quantitative estimate of drug-likeness (QED) is 0.766. The van der Waals surface area contributed by atoms with Gasteiger partial charge in [0.15, 0.2) is 0 Å². The second kappa shape index (κ2) is 5.60. The minimum absolute atomic E-state index is 0.164. The number of carbonyl (C=O) groups is 1. The molecular weight excluding hydrogens is 205 g/mol. The van der Waals surface area contributed by atoms with Crippen LogP contribution in [0.4, 0.5) is 4.39 Å². The van der Waals surface area contributed by atoms with E-state index in [2.05, 4.69) is 5.32 Å². The number of rotatable bonds is 4. The Bertz CT molecular complexity index is 317. The molecule has 0 fully saturated rings. The van der Waals surface area contributed by atoms with Gasteiger partial charge in [-0.05, 0) is 6.07 Å². The maximum atomic E-state index is 13.0. The Balaban J connectivity index is 2.46. The lowest BCUT2D eigenvalue weighted by atomic mass is 10.2. The highest BCUT2D eigenvalue weighted by Crippen LogP contribution is 2.05. The summed E-state index contributed by atoms with van der Waals surface area (Å²) in [5, 5.41) is 2.58. The molecule has 1 amide bonds. The first-order valence-corrected chi connectivity index (χ1v) is 4.83. The molecule has 0 unspecified atom stereocenters. The van der Waals surface area contributed by atoms with E-state index in [4.69, 9.17) is 11.6 Å². The third kappa shape index (κ3) is 3.34. The van der Waals surface area contributed by atoms with Crippen molar-refractivity contribution in [2.24, 2.45) is 0 Å². The van der Waals surface area contributed by atoms with Crippen molar-refractivity contribution in [1.82, 2.24) is 5.32 Å². The van der Waals surface area contributed by atoms with Crippen molar-refractivity contribution in [3.8, 4) is 0 Å². The molecule has 0 saturated heterocycles. The van der Waals surface area contributed by atoms with E-state index in [1.165, 1.54) is 6.07 Å². The summed E-state index contributed by atoms with van der Waals surface area (Å²) in [6.45, 7) is 0.211. The summed E-state index contributed by atoms with van der Waals surface area (Å²) in [6, 6.07) is 6.34. The molecule has 76 valence electrons. The summed E-state index contributed by atoms with van der Waals surface area (Å²) in [5.41, 5.74) is 0.482. The van der Waals surface area contributed by atoms with Gasteiger partial charge < -0.3 is 5.32 Å². The molecule has 4 heteroatoms. The van der Waals surface area contributed by atoms with Crippen LogP contribution in [0.5, 0.6) is 0 Å². The minimum Gasteiger partial charge on any atom is -0.352 e. The fraction of sp³-hybridized carbons (Fsp3) is 0.300. The monoisotopic (exact) mass is 215 g/mol. The van der Waals surface area contributed by atoms with Crippen LogP contribution in [0, 0.1) is 5.82 Å². The summed E-state index contributed by atoms with van der Waals surface area (Å²) >= 11 is 5.37. The van der Waals surface area contributed by atoms with E-state index in [0.29, 0.717) is 5.56 Å². The van der Waals surface area contributed by atoms with Crippen LogP contribution in [0.2, 0.25) is 0 Å². The maximum Gasteiger partial charge on any atom is 0.221 e. The molecule has 0 aliphatic rings. The molecule has 0 radical (unpaired) electrons. The highest BCUT2D eigenvalue weighted by Gasteiger charge is 2.02. The van der Waals surface area contributed by atoms with Crippen LogP contribution in [0.15, 0.2) is 24.3 Å². The van der Waals surface area contributed by atoms with Crippen molar-refractivity contribution in [1.29, 1.82) is 0 Å². The molecule has 2 nitrogen and oxygen atoms in total. The Morgan fingerprint density at radius 1 is 1.43 bits per heavy atom. The molecular formula is C10H11ClFNO. The van der Waals surface area contributed by atoms with Crippen molar-refractivity contribution in [3.05, 3.63) is 35.6 Å². The third-order valence-electron chi connectivity index (χ3n) is 1.76. The average molecular weight is 216 g/mol. The van der Waals surface area contributed by atoms with Crippen molar-refractivity contribution >= 4 is 17.5 Å². The first kappa shape index (κ1) is 11.0. The predicted octanol–water partition coefficient (Wildman–Crippen LogP) is 2.07. The number of carbonyl (C=O) groups excluding carboxylic acids is 1. The normalized spacial score (nSPS) is 9.86. The van der Waals surface area contributed by atoms with Gasteiger partial charge in [0, 0.05) is 24.4 Å². The first-order valence-electron chi connectivity index (χ1n) is 4.30. The van der Waals surface area contributed by atoms with Gasteiger partial charge in [0.1, 0.15) is 5.82 Å². The van der Waals surface area contributed by atoms with Crippen LogP contribution in [0.25, 0.3) is 0 Å². The van der Waals surface area contributed by atoms with Crippen LogP contribution in [0.3, 0.4) is 0 Å². The zero-order valence-corrected chi connectivity index (χ0v) is 8.35. The number of hydrogen-bond acceptors (Lipinski definition) is 1. The van der Waals surface area contributed by atoms with Gasteiger partial charge in [-0.3, -0.25) is 4.79 Å². The van der Waals surface area contributed by atoms with Crippen molar-refractivity contribution in [3.63, 3.8) is 0 Å². The van der Waals surface area contributed by atoms with Gasteiger partial charge in [-0.15, -0.1) is 11.6 Å². The number of hydrogen-bond donors (Lipinski definition) is 1. The number of alkyl halides is 1. The van der Waals surface area contributed by atoms with Crippen LogP contribution in [-0.2, 0) is 11.3 Å². The summed E-state index contributed by atoms with van der Waals surface area (Å²) in [4.78, 5) is 11.0. The Kier molecular flexibility index (Phi) is 4.40. The van der Waals surface area contributed by atoms with Gasteiger partial charge in [0.05, 0.1) is 0 Å². The number of halogens is 2. The highest BCUT2D eigenvalue weighted by molar-refractivity contribution is 6.18. The third-order valence-corrected chi connectivity index (χ3v) is 1.94. The number of benzene rings is 1. The predicted molar refractivity (Wildman–Crippen MR) is 53.6 cm³/mol. The van der Waals surface area contributed by atoms with E-state index in [-0.39, 0.29) is 30.6 Å². The summed E-state index contributed by atoms with van der Waals surface area (Å²) in [7, 11) is 0. The van der Waals surface area contributed by atoms with E-state index < -0.39 is 0 Å². The van der Waals surface area contributed by atoms with Gasteiger partial charge in [0.2, 0.25) is 5.91 Å². The Morgan fingerprint density at radius 3 is 2.79 bits per heavy atom. The van der Waals surface area contributed by atoms with Gasteiger partial charge in [0.25, 0.3) is 0 Å². The standard InChI is InChI=1S/C10H11ClFNO/c11-6-5-10(14)13-7-8-3-1-2-4-9(8)12/h1-4H,5-7H2,(H,13,14). The van der Waals surface area contributed by atoms with Gasteiger partial charge in [-0.25, -0.2) is 4.39 Å². The van der Waals surface area contributed by atoms with Crippen LogP contribution in [0.1, 0.15) is 12.0 Å². The van der Waals surface area contributed by atoms with Gasteiger partial charge >= 0.3 is 0 Å². The zero-order valence-electron chi connectivity index (χ0n) is 7.59. The molecule has 0 saturated carbocycles. The molecule has 0 aliphatic heterocycles. The zero-order chi connectivity index (χ0) is 10.4. The minimum atomic E-state index is -0.307. The van der Waals surface area contributed by atoms with E-state index in [1.807, 2.05) is 0 Å². The Hall–Kier alpha value is -1.09. The molecule has 1 N–H and O–H groups in total. The SMILES string of the molecule is O=C(CCCl)NCc1ccccc1F. The lowest BCUT2D eigenvalue weighted by Gasteiger charge is -2.04. The molecule has 0 atom stereocenters. The fourth-order valence-electron chi connectivity index (χ4n) is 1.01. The molecule has 14 heavy (non-hydrogen) atoms. The van der Waals surface area contributed by atoms with Gasteiger partial charge in [-0.2, -0.15) is 0 Å². The van der Waals surface area contributed by atoms with E-state index in [0.717, 1.165) is 0 Å². The molecule has 0 heterocycles. The first-order chi connectivity index (χ1) is 6.74. The smallest absolute Gasteiger partial charge is 0.221 e. The molecule has 1 aromatic rings. The van der Waals surface area contributed by atoms with Crippen LogP contribution < -0.4 is 5.32 Å². The van der Waals surface area contributed by atoms with E-state index in [9.17, 15) is 9.18 Å². The van der Waals surface area contributed by atoms with Gasteiger partial charge in [-0.1, -0.05) is 18.2 Å². The van der Waals surface area contributed by atoms with Crippen LogP contribution in [-0.4, -0.2) is 11.8 Å². The molecule has 0 bridgehead atoms. The van der Waals surface area contributed by atoms with Crippen LogP contribution >= 0.6 is 11.6 Å². The summed E-state index contributed by atoms with van der Waals surface area (Å²) < 4.78 is 13.0. The lowest BCUT2D eigenvalue weighted by molar-refractivity contribution is -0.120. The highest BCUT2D eigenvalue weighted by atomic mass is 35.5. The maximum absolute atomic E-state index is 13.0. The fourth-order valence-corrected chi connectivity index (χ4v) is 1.18. The Labute approximate surface area is 87.1 Å². The second-order valence-electron chi connectivity index (χ2n) is 2.81. The number of nitrogens with one attached hydrogen (secondary N) is 1. The van der Waals surface area contributed by atoms with Crippen molar-refractivity contribution in [2.45, 2.75) is 13.0 Å². The summed E-state index contributed by atoms with van der Waals surface area (Å²) in [6.07, 6.45) is 0.260. The molecule has 0 aliphatic carbocycles. The average Bonchev–Trinajstić information content (AvgIpc) is 2.17. The second-order valence-corrected chi connectivity index (χ2v) is 3.19. The summed E-state index contributed by atoms with van der Waals surface area (Å²) in [5.74, 6) is -0.190. The Morgan fingerprint density at radius 2 is 2.14 bits per heavy atom. The molecule has 1 aromatic carbocycles. The largest absolute Gasteiger partial charge is 0.352 e. The van der Waals surface area contributed by atoms with Crippen molar-refractivity contribution in [2.75, 3.05) is 5.88 Å². The number of amides is 1. The van der Waals surface area contributed by atoms with E-state index in [1.54, 1.807) is 18.2 Å². The topological polar surface area (TPSA) is 29.1 Å². The van der Waals surface area contributed by atoms with E-state index >= 15 is 0 Å². The van der Waals surface area contributed by atoms with Crippen molar-refractivity contribution < 1.29 is 9.18 Å². The molecule has 1 rings (SSSR count).